The van der Waals surface area contributed by atoms with E-state index < -0.39 is 0 Å². The molecule has 0 atom stereocenters. The van der Waals surface area contributed by atoms with Crippen LogP contribution in [0.15, 0.2) is 48.8 Å². The lowest BCUT2D eigenvalue weighted by atomic mass is 10.00. The van der Waals surface area contributed by atoms with E-state index in [1.807, 2.05) is 0 Å². The first-order valence-electron chi connectivity index (χ1n) is 5.94. The Morgan fingerprint density at radius 1 is 1.00 bits per heavy atom. The normalized spacial score (nSPS) is 10.2. The lowest BCUT2D eigenvalue weighted by Gasteiger charge is -2.03. The third-order valence-electron chi connectivity index (χ3n) is 2.96. The number of halogens is 1. The molecule has 0 fully saturated rings. The topological polar surface area (TPSA) is 65.4 Å². The molecule has 0 amide bonds. The van der Waals surface area contributed by atoms with Gasteiger partial charge in [-0.25, -0.2) is 4.39 Å². The summed E-state index contributed by atoms with van der Waals surface area (Å²) < 4.78 is 13.0. The van der Waals surface area contributed by atoms with E-state index in [-0.39, 0.29) is 5.82 Å². The molecule has 1 N–H and O–H groups in total. The van der Waals surface area contributed by atoms with Gasteiger partial charge in [0.1, 0.15) is 23.3 Å². The highest BCUT2D eigenvalue weighted by atomic mass is 19.1. The highest BCUT2D eigenvalue weighted by Gasteiger charge is 2.16. The largest absolute Gasteiger partial charge is 0.267 e. The first-order chi connectivity index (χ1) is 9.79. The fraction of sp³-hybridized carbons (Fsp3) is 0. The van der Waals surface area contributed by atoms with Crippen molar-refractivity contribution in [2.45, 2.75) is 0 Å². The van der Waals surface area contributed by atoms with Crippen molar-refractivity contribution < 1.29 is 4.39 Å². The van der Waals surface area contributed by atoms with Gasteiger partial charge >= 0.3 is 0 Å². The van der Waals surface area contributed by atoms with Gasteiger partial charge in [0.25, 0.3) is 0 Å². The summed E-state index contributed by atoms with van der Waals surface area (Å²) in [4.78, 5) is 3.96. The van der Waals surface area contributed by atoms with E-state index >= 15 is 0 Å². The van der Waals surface area contributed by atoms with Crippen LogP contribution in [0.2, 0.25) is 0 Å². The molecule has 0 aliphatic rings. The maximum absolute atomic E-state index is 13.0. The lowest BCUT2D eigenvalue weighted by molar-refractivity contribution is 0.628. The van der Waals surface area contributed by atoms with Crippen LogP contribution >= 0.6 is 0 Å². The molecule has 0 bridgehead atoms. The summed E-state index contributed by atoms with van der Waals surface area (Å²) in [6, 6.07) is 11.7. The van der Waals surface area contributed by atoms with Gasteiger partial charge < -0.3 is 0 Å². The summed E-state index contributed by atoms with van der Waals surface area (Å²) >= 11 is 0. The summed E-state index contributed by atoms with van der Waals surface area (Å²) in [5.41, 5.74) is 3.27. The molecular formula is C15H9FN4. The van der Waals surface area contributed by atoms with E-state index in [2.05, 4.69) is 21.3 Å². The number of nitrogens with zero attached hydrogens (tertiary/aromatic N) is 3. The fourth-order valence-corrected chi connectivity index (χ4v) is 2.04. The zero-order valence-electron chi connectivity index (χ0n) is 10.3. The summed E-state index contributed by atoms with van der Waals surface area (Å²) in [6.07, 6.45) is 3.30. The number of aromatic nitrogens is 3. The Kier molecular flexibility index (Phi) is 2.98. The summed E-state index contributed by atoms with van der Waals surface area (Å²) in [5.74, 6) is -0.310. The Hall–Kier alpha value is -3.00. The molecule has 20 heavy (non-hydrogen) atoms. The number of rotatable bonds is 2. The van der Waals surface area contributed by atoms with Crippen LogP contribution in [0.4, 0.5) is 4.39 Å². The average molecular weight is 264 g/mol. The quantitative estimate of drug-likeness (QED) is 0.773. The Morgan fingerprint density at radius 2 is 1.70 bits per heavy atom. The predicted molar refractivity (Wildman–Crippen MR) is 71.9 cm³/mol. The molecule has 0 aliphatic carbocycles. The minimum atomic E-state index is -0.310. The minimum Gasteiger partial charge on any atom is -0.267 e. The van der Waals surface area contributed by atoms with Crippen molar-refractivity contribution in [2.24, 2.45) is 0 Å². The van der Waals surface area contributed by atoms with Crippen LogP contribution in [-0.4, -0.2) is 15.2 Å². The molecule has 3 rings (SSSR count). The molecule has 2 heterocycles. The third-order valence-corrected chi connectivity index (χ3v) is 2.96. The van der Waals surface area contributed by atoms with Crippen LogP contribution < -0.4 is 0 Å². The zero-order valence-corrected chi connectivity index (χ0v) is 10.3. The van der Waals surface area contributed by atoms with Gasteiger partial charge in [-0.3, -0.25) is 10.1 Å². The number of aromatic amines is 1. The lowest BCUT2D eigenvalue weighted by Crippen LogP contribution is -1.85. The molecule has 0 unspecified atom stereocenters. The number of nitrogens with one attached hydrogen (secondary N) is 1. The van der Waals surface area contributed by atoms with Gasteiger partial charge in [0.2, 0.25) is 0 Å². The molecule has 0 aliphatic heterocycles. The number of H-pyrrole nitrogens is 1. The van der Waals surface area contributed by atoms with Gasteiger partial charge in [0.05, 0.1) is 0 Å². The number of nitriles is 1. The summed E-state index contributed by atoms with van der Waals surface area (Å²) in [5, 5.41) is 16.1. The van der Waals surface area contributed by atoms with Crippen LogP contribution in [-0.2, 0) is 0 Å². The first kappa shape index (κ1) is 12.1. The fourth-order valence-electron chi connectivity index (χ4n) is 2.04. The second-order valence-corrected chi connectivity index (χ2v) is 4.18. The van der Waals surface area contributed by atoms with Crippen LogP contribution in [0.25, 0.3) is 22.4 Å². The maximum Gasteiger partial charge on any atom is 0.144 e. The van der Waals surface area contributed by atoms with Crippen molar-refractivity contribution in [1.82, 2.24) is 15.2 Å². The van der Waals surface area contributed by atoms with Gasteiger partial charge in [-0.05, 0) is 42.0 Å². The van der Waals surface area contributed by atoms with E-state index in [0.29, 0.717) is 17.0 Å². The van der Waals surface area contributed by atoms with Gasteiger partial charge in [-0.2, -0.15) is 10.4 Å². The minimum absolute atomic E-state index is 0.310. The monoisotopic (exact) mass is 264 g/mol. The maximum atomic E-state index is 13.0. The third kappa shape index (κ3) is 2.04. The van der Waals surface area contributed by atoms with E-state index in [1.165, 1.54) is 12.1 Å². The highest BCUT2D eigenvalue weighted by Crippen LogP contribution is 2.32. The zero-order chi connectivity index (χ0) is 13.9. The van der Waals surface area contributed by atoms with Gasteiger partial charge in [0, 0.05) is 23.5 Å². The van der Waals surface area contributed by atoms with Gasteiger partial charge in [0.15, 0.2) is 0 Å². The Labute approximate surface area is 114 Å². The molecule has 1 aromatic carbocycles. The summed E-state index contributed by atoms with van der Waals surface area (Å²) in [6.45, 7) is 0. The molecule has 96 valence electrons. The van der Waals surface area contributed by atoms with Gasteiger partial charge in [-0.15, -0.1) is 0 Å². The smallest absolute Gasteiger partial charge is 0.144 e. The Bertz CT molecular complexity index is 770. The highest BCUT2D eigenvalue weighted by molar-refractivity contribution is 5.83. The second-order valence-electron chi connectivity index (χ2n) is 4.18. The Morgan fingerprint density at radius 3 is 2.35 bits per heavy atom. The standard InChI is InChI=1S/C15H9FN4/c16-12-3-1-11(2-4-12)15-14(13(9-17)19-20-15)10-5-7-18-8-6-10/h1-8H,(H,19,20). The Balaban J connectivity index is 2.21. The van der Waals surface area contributed by atoms with Crippen molar-refractivity contribution >= 4 is 0 Å². The number of hydrogen-bond donors (Lipinski definition) is 1. The van der Waals surface area contributed by atoms with Crippen molar-refractivity contribution in [3.8, 4) is 28.5 Å². The molecule has 4 nitrogen and oxygen atoms in total. The number of benzene rings is 1. The van der Waals surface area contributed by atoms with Gasteiger partial charge in [-0.1, -0.05) is 0 Å². The molecule has 0 saturated heterocycles. The molecule has 2 aromatic heterocycles. The number of hydrogen-bond acceptors (Lipinski definition) is 3. The van der Waals surface area contributed by atoms with Crippen molar-refractivity contribution in [3.05, 3.63) is 60.3 Å². The van der Waals surface area contributed by atoms with Crippen LogP contribution in [0.1, 0.15) is 5.69 Å². The van der Waals surface area contributed by atoms with E-state index in [4.69, 9.17) is 0 Å². The van der Waals surface area contributed by atoms with Crippen molar-refractivity contribution in [2.75, 3.05) is 0 Å². The molecule has 0 spiro atoms. The van der Waals surface area contributed by atoms with Crippen molar-refractivity contribution in [1.29, 1.82) is 5.26 Å². The van der Waals surface area contributed by atoms with E-state index in [1.54, 1.807) is 36.7 Å². The first-order valence-corrected chi connectivity index (χ1v) is 5.94. The SMILES string of the molecule is N#Cc1[nH]nc(-c2ccc(F)cc2)c1-c1ccncc1. The van der Waals surface area contributed by atoms with Crippen LogP contribution in [0, 0.1) is 17.1 Å². The molecular weight excluding hydrogens is 255 g/mol. The molecule has 5 heteroatoms. The summed E-state index contributed by atoms with van der Waals surface area (Å²) in [7, 11) is 0. The average Bonchev–Trinajstić information content (AvgIpc) is 2.93. The predicted octanol–water partition coefficient (Wildman–Crippen LogP) is 3.15. The van der Waals surface area contributed by atoms with Crippen molar-refractivity contribution in [3.63, 3.8) is 0 Å². The van der Waals surface area contributed by atoms with E-state index in [0.717, 1.165) is 11.1 Å². The number of pyridine rings is 1. The molecule has 3 aromatic rings. The molecule has 0 radical (unpaired) electrons. The molecule has 0 saturated carbocycles. The van der Waals surface area contributed by atoms with Crippen LogP contribution in [0.3, 0.4) is 0 Å². The van der Waals surface area contributed by atoms with E-state index in [9.17, 15) is 9.65 Å². The second kappa shape index (κ2) is 4.94. The van der Waals surface area contributed by atoms with Crippen LogP contribution in [0.5, 0.6) is 0 Å².